The van der Waals surface area contributed by atoms with E-state index in [0.717, 1.165) is 103 Å². The van der Waals surface area contributed by atoms with E-state index in [4.69, 9.17) is 25.7 Å². The molecule has 0 bridgehead atoms. The molecule has 6 rings (SSSR count). The minimum atomic E-state index is -0.823. The van der Waals surface area contributed by atoms with Crippen molar-refractivity contribution >= 4 is 5.96 Å². The fourth-order valence-electron chi connectivity index (χ4n) is 9.60. The molecule has 1 saturated carbocycles. The Labute approximate surface area is 334 Å². The number of guanidine groups is 1. The van der Waals surface area contributed by atoms with E-state index in [1.54, 1.807) is 13.2 Å². The molecule has 0 amide bonds. The fraction of sp³-hybridized carbons (Fsp3) is 0.596. The van der Waals surface area contributed by atoms with Gasteiger partial charge in [-0.25, -0.2) is 0 Å². The van der Waals surface area contributed by atoms with E-state index in [-0.39, 0.29) is 29.6 Å². The second kappa shape index (κ2) is 18.9. The Morgan fingerprint density at radius 2 is 1.71 bits per heavy atom. The molecule has 0 aromatic heterocycles. The van der Waals surface area contributed by atoms with Gasteiger partial charge in [-0.15, -0.1) is 0 Å². The summed E-state index contributed by atoms with van der Waals surface area (Å²) in [5.41, 5.74) is 18.4. The van der Waals surface area contributed by atoms with Crippen LogP contribution in [0.15, 0.2) is 41.4 Å². The number of hydrogen-bond donors (Lipinski definition) is 5. The summed E-state index contributed by atoms with van der Waals surface area (Å²) >= 11 is 0. The maximum atomic E-state index is 12.0. The molecule has 0 radical (unpaired) electrons. The van der Waals surface area contributed by atoms with Gasteiger partial charge in [0.2, 0.25) is 0 Å². The molecule has 0 spiro atoms. The van der Waals surface area contributed by atoms with Crippen LogP contribution in [0.1, 0.15) is 145 Å². The monoisotopic (exact) mass is 770 g/mol. The number of aliphatic hydroxyl groups excluding tert-OH is 1. The molecule has 3 aliphatic rings. The number of benzene rings is 3. The van der Waals surface area contributed by atoms with Crippen LogP contribution < -0.4 is 25.7 Å². The summed E-state index contributed by atoms with van der Waals surface area (Å²) in [7, 11) is 1.72. The van der Waals surface area contributed by atoms with Crippen molar-refractivity contribution in [3.8, 4) is 39.9 Å². The Balaban J connectivity index is 1.32. The number of phenolic OH excluding ortho intramolecular Hbond substituents is 2. The number of aliphatic imine (C=N–C) groups is 1. The van der Waals surface area contributed by atoms with Gasteiger partial charge in [0.25, 0.3) is 0 Å². The third kappa shape index (κ3) is 9.70. The molecule has 9 nitrogen and oxygen atoms in total. The third-order valence-corrected chi connectivity index (χ3v) is 12.5. The number of rotatable bonds is 17. The van der Waals surface area contributed by atoms with Gasteiger partial charge in [0.1, 0.15) is 29.5 Å². The van der Waals surface area contributed by atoms with Crippen LogP contribution in [0.4, 0.5) is 0 Å². The van der Waals surface area contributed by atoms with E-state index in [9.17, 15) is 15.3 Å². The Hall–Kier alpha value is -4.11. The Bertz CT molecular complexity index is 1820. The van der Waals surface area contributed by atoms with Crippen LogP contribution in [-0.2, 0) is 19.3 Å². The second-order valence-corrected chi connectivity index (χ2v) is 17.3. The smallest absolute Gasteiger partial charge is 0.185 e. The predicted molar refractivity (Wildman–Crippen MR) is 225 cm³/mol. The zero-order chi connectivity index (χ0) is 39.9. The molecule has 2 aliphatic carbocycles. The molecular weight excluding hydrogens is 703 g/mol. The number of unbranched alkanes of at least 4 members (excludes halogenated alkanes) is 2. The maximum Gasteiger partial charge on any atom is 0.185 e. The summed E-state index contributed by atoms with van der Waals surface area (Å²) in [4.78, 5) is 4.19. The molecule has 306 valence electrons. The van der Waals surface area contributed by atoms with Gasteiger partial charge < -0.3 is 41.0 Å². The Morgan fingerprint density at radius 3 is 2.46 bits per heavy atom. The SMILES string of the molecule is CCCCC[C@H](C)CCC[C@@H]1Cc2cc(O)c(CC(C)C)cc2-c2c(OC)cc3c(c21)C[C@@H](O)[C@H](c1ccc(O)c(O[C@@H]2CCCC[C@@H]2CCN=C(N)N)c1)O3. The Morgan fingerprint density at radius 1 is 0.929 bits per heavy atom. The summed E-state index contributed by atoms with van der Waals surface area (Å²) < 4.78 is 19.5. The lowest BCUT2D eigenvalue weighted by Crippen LogP contribution is -2.33. The largest absolute Gasteiger partial charge is 0.508 e. The minimum Gasteiger partial charge on any atom is -0.508 e. The molecule has 1 aliphatic heterocycles. The second-order valence-electron chi connectivity index (χ2n) is 17.3. The van der Waals surface area contributed by atoms with Crippen molar-refractivity contribution in [3.05, 3.63) is 64.2 Å². The van der Waals surface area contributed by atoms with Crippen molar-refractivity contribution in [2.75, 3.05) is 13.7 Å². The lowest BCUT2D eigenvalue weighted by molar-refractivity contribution is 0.0198. The lowest BCUT2D eigenvalue weighted by atomic mass is 9.72. The molecule has 3 aromatic rings. The van der Waals surface area contributed by atoms with Crippen LogP contribution in [0.2, 0.25) is 0 Å². The van der Waals surface area contributed by atoms with Crippen LogP contribution >= 0.6 is 0 Å². The molecule has 6 atom stereocenters. The molecule has 0 saturated heterocycles. The van der Waals surface area contributed by atoms with Gasteiger partial charge >= 0.3 is 0 Å². The van der Waals surface area contributed by atoms with Crippen LogP contribution in [0.25, 0.3) is 11.1 Å². The van der Waals surface area contributed by atoms with Crippen molar-refractivity contribution in [1.29, 1.82) is 0 Å². The van der Waals surface area contributed by atoms with E-state index in [1.807, 2.05) is 24.3 Å². The maximum absolute atomic E-state index is 12.0. The van der Waals surface area contributed by atoms with Crippen molar-refractivity contribution in [2.24, 2.45) is 34.2 Å². The normalized spacial score (nSPS) is 22.0. The standard InChI is InChI=1S/C47H67N3O6/c1-6-7-8-12-29(4)13-11-15-31-22-33-24-38(52)34(21-28(2)3)23-35(33)45-43(54-5)27-41-36(44(31)45)26-39(53)46(56-41)32-17-18-37(51)42(25-32)55-40-16-10-9-14-30(40)19-20-50-47(48)49/h17-18,23-25,27-31,39-40,46,51-53H,6-16,19-22,26H2,1-5H3,(H4,48,49,50)/t29-,30+,31+,39+,40+,46-/m0/s1. The van der Waals surface area contributed by atoms with Crippen LogP contribution in [0, 0.1) is 17.8 Å². The number of fused-ring (bicyclic) bond motifs is 5. The number of nitrogens with two attached hydrogens (primary N) is 2. The van der Waals surface area contributed by atoms with E-state index in [1.165, 1.54) is 37.7 Å². The molecule has 7 N–H and O–H groups in total. The van der Waals surface area contributed by atoms with Crippen molar-refractivity contribution in [2.45, 2.75) is 148 Å². The number of hydrogen-bond acceptors (Lipinski definition) is 7. The third-order valence-electron chi connectivity index (χ3n) is 12.5. The highest BCUT2D eigenvalue weighted by atomic mass is 16.5. The first-order valence-electron chi connectivity index (χ1n) is 21.5. The quantitative estimate of drug-likeness (QED) is 0.0517. The topological polar surface area (TPSA) is 153 Å². The Kier molecular flexibility index (Phi) is 14.0. The highest BCUT2D eigenvalue weighted by Crippen LogP contribution is 2.54. The van der Waals surface area contributed by atoms with E-state index < -0.39 is 12.2 Å². The van der Waals surface area contributed by atoms with Gasteiger partial charge in [-0.1, -0.05) is 78.7 Å². The first-order valence-corrected chi connectivity index (χ1v) is 21.5. The lowest BCUT2D eigenvalue weighted by Gasteiger charge is -2.38. The summed E-state index contributed by atoms with van der Waals surface area (Å²) in [5, 5.41) is 34.1. The van der Waals surface area contributed by atoms with Crippen LogP contribution in [-0.4, -0.2) is 47.1 Å². The summed E-state index contributed by atoms with van der Waals surface area (Å²) in [6.45, 7) is 9.52. The van der Waals surface area contributed by atoms with E-state index in [2.05, 4.69) is 38.8 Å². The molecule has 1 heterocycles. The molecule has 3 aromatic carbocycles. The van der Waals surface area contributed by atoms with Gasteiger partial charge in [0.05, 0.1) is 13.2 Å². The fourth-order valence-corrected chi connectivity index (χ4v) is 9.60. The molecule has 0 unspecified atom stereocenters. The number of phenols is 2. The molecule has 9 heteroatoms. The zero-order valence-electron chi connectivity index (χ0n) is 34.5. The average Bonchev–Trinajstić information content (AvgIpc) is 3.16. The van der Waals surface area contributed by atoms with Crippen LogP contribution in [0.3, 0.4) is 0 Å². The van der Waals surface area contributed by atoms with E-state index in [0.29, 0.717) is 36.3 Å². The van der Waals surface area contributed by atoms with Gasteiger partial charge in [-0.2, -0.15) is 0 Å². The molecule has 56 heavy (non-hydrogen) atoms. The van der Waals surface area contributed by atoms with Crippen LogP contribution in [0.5, 0.6) is 28.7 Å². The van der Waals surface area contributed by atoms with Crippen molar-refractivity contribution < 1.29 is 29.5 Å². The minimum absolute atomic E-state index is 0.0628. The van der Waals surface area contributed by atoms with E-state index >= 15 is 0 Å². The van der Waals surface area contributed by atoms with Crippen molar-refractivity contribution in [1.82, 2.24) is 0 Å². The average molecular weight is 770 g/mol. The van der Waals surface area contributed by atoms with Gasteiger partial charge in [-0.3, -0.25) is 4.99 Å². The number of nitrogens with zero attached hydrogens (tertiary/aromatic N) is 1. The van der Waals surface area contributed by atoms with Gasteiger partial charge in [0, 0.05) is 30.2 Å². The number of aromatic hydroxyl groups is 2. The highest BCUT2D eigenvalue weighted by molar-refractivity contribution is 5.83. The molecule has 1 fully saturated rings. The molecular formula is C47H67N3O6. The predicted octanol–water partition coefficient (Wildman–Crippen LogP) is 9.64. The highest BCUT2D eigenvalue weighted by Gasteiger charge is 2.39. The summed E-state index contributed by atoms with van der Waals surface area (Å²) in [6, 6.07) is 11.4. The number of methoxy groups -OCH3 is 1. The first-order chi connectivity index (χ1) is 27.0. The summed E-state index contributed by atoms with van der Waals surface area (Å²) in [6.07, 6.45) is 13.7. The zero-order valence-corrected chi connectivity index (χ0v) is 34.5. The summed E-state index contributed by atoms with van der Waals surface area (Å²) in [5.74, 6) is 3.91. The first kappa shape index (κ1) is 41.5. The number of aliphatic hydroxyl groups is 1. The van der Waals surface area contributed by atoms with Crippen molar-refractivity contribution in [3.63, 3.8) is 0 Å². The van der Waals surface area contributed by atoms with Gasteiger partial charge in [-0.05, 0) is 121 Å². The van der Waals surface area contributed by atoms with Gasteiger partial charge in [0.15, 0.2) is 17.5 Å². The number of ether oxygens (including phenoxy) is 3.